The lowest BCUT2D eigenvalue weighted by molar-refractivity contribution is -0.240. The molecular formula is C37H76. The molecule has 0 aromatic carbocycles. The first kappa shape index (κ1) is 37.0. The van der Waals surface area contributed by atoms with Gasteiger partial charge in [0.05, 0.1) is 0 Å². The lowest BCUT2D eigenvalue weighted by atomic mass is 9.32. The van der Waals surface area contributed by atoms with Crippen molar-refractivity contribution in [3.63, 3.8) is 0 Å². The molecule has 0 aromatic rings. The molecule has 0 spiro atoms. The Labute approximate surface area is 238 Å². The van der Waals surface area contributed by atoms with Gasteiger partial charge in [0, 0.05) is 0 Å². The second kappa shape index (κ2) is 9.26. The van der Waals surface area contributed by atoms with E-state index in [0.717, 1.165) is 0 Å². The monoisotopic (exact) mass is 521 g/mol. The first-order valence-electron chi connectivity index (χ1n) is 15.4. The van der Waals surface area contributed by atoms with Gasteiger partial charge in [-0.3, -0.25) is 0 Å². The molecule has 0 heteroatoms. The SMILES string of the molecule is CC(C)C(C)(C)C(C)(C)C(C)(C)C(C)(C)C(C)(C)C(C)(C)C(C)(C)C(C)(C)C(C)(C)C(C)(C)C(C)(C)C. The maximum absolute atomic E-state index is 2.59. The van der Waals surface area contributed by atoms with E-state index in [-0.39, 0.29) is 59.6 Å². The van der Waals surface area contributed by atoms with Crippen molar-refractivity contribution >= 4 is 0 Å². The van der Waals surface area contributed by atoms with Crippen molar-refractivity contribution in [1.29, 1.82) is 0 Å². The molecule has 0 aliphatic carbocycles. The lowest BCUT2D eigenvalue weighted by Crippen LogP contribution is -2.66. The highest BCUT2D eigenvalue weighted by Gasteiger charge is 2.68. The molecule has 0 atom stereocenters. The van der Waals surface area contributed by atoms with Crippen molar-refractivity contribution < 1.29 is 0 Å². The zero-order chi connectivity index (χ0) is 31.1. The fourth-order valence-corrected chi connectivity index (χ4v) is 7.93. The minimum absolute atomic E-state index is 0.0492. The molecule has 0 aliphatic rings. The van der Waals surface area contributed by atoms with Gasteiger partial charge in [-0.05, 0) is 65.5 Å². The number of hydrogen-bond donors (Lipinski definition) is 0. The molecular weight excluding hydrogens is 444 g/mol. The van der Waals surface area contributed by atoms with Crippen LogP contribution in [0, 0.1) is 65.5 Å². The summed E-state index contributed by atoms with van der Waals surface area (Å²) in [5.41, 5.74) is 1.20. The van der Waals surface area contributed by atoms with Gasteiger partial charge in [0.2, 0.25) is 0 Å². The molecule has 0 heterocycles. The topological polar surface area (TPSA) is 0 Å². The van der Waals surface area contributed by atoms with E-state index >= 15 is 0 Å². The normalized spacial score (nSPS) is 17.0. The molecule has 0 radical (unpaired) electrons. The van der Waals surface area contributed by atoms with Gasteiger partial charge < -0.3 is 0 Å². The standard InChI is InChI=1S/C37H76/c1-26(2)28(6,7)30(10,11)32(14,15)34(18,19)36(22,23)37(24,25)35(20,21)33(16,17)31(12,13)29(8,9)27(3,4)5/h26H,1-25H3. The highest BCUT2D eigenvalue weighted by atomic mass is 14.7. The maximum atomic E-state index is 2.59. The molecule has 0 rings (SSSR count). The van der Waals surface area contributed by atoms with E-state index in [4.69, 9.17) is 0 Å². The smallest absolute Gasteiger partial charge is 0.0241 e. The Bertz CT molecular complexity index is 791. The van der Waals surface area contributed by atoms with Gasteiger partial charge in [-0.15, -0.1) is 0 Å². The molecule has 0 aliphatic heterocycles. The average Bonchev–Trinajstić information content (AvgIpc) is 2.65. The van der Waals surface area contributed by atoms with E-state index in [2.05, 4.69) is 173 Å². The minimum atomic E-state index is 0.0492. The average molecular weight is 521 g/mol. The van der Waals surface area contributed by atoms with Crippen LogP contribution < -0.4 is 0 Å². The molecule has 0 amide bonds. The van der Waals surface area contributed by atoms with Crippen molar-refractivity contribution in [3.05, 3.63) is 0 Å². The molecule has 0 bridgehead atoms. The van der Waals surface area contributed by atoms with E-state index in [1.54, 1.807) is 0 Å². The summed E-state index contributed by atoms with van der Waals surface area (Å²) in [5, 5.41) is 0. The van der Waals surface area contributed by atoms with Crippen LogP contribution in [-0.2, 0) is 0 Å². The fourth-order valence-electron chi connectivity index (χ4n) is 7.93. The predicted molar refractivity (Wildman–Crippen MR) is 172 cm³/mol. The van der Waals surface area contributed by atoms with Crippen LogP contribution in [0.1, 0.15) is 173 Å². The summed E-state index contributed by atoms with van der Waals surface area (Å²) in [6.07, 6.45) is 0. The zero-order valence-corrected chi connectivity index (χ0v) is 31.1. The third-order valence-electron chi connectivity index (χ3n) is 17.4. The molecule has 224 valence electrons. The van der Waals surface area contributed by atoms with Crippen LogP contribution in [-0.4, -0.2) is 0 Å². The number of rotatable bonds is 10. The third kappa shape index (κ3) is 4.52. The predicted octanol–water partition coefficient (Wildman–Crippen LogP) is 13.0. The Morgan fingerprint density at radius 2 is 0.405 bits per heavy atom. The van der Waals surface area contributed by atoms with Crippen LogP contribution in [0.2, 0.25) is 0 Å². The largest absolute Gasteiger partial charge is 0.0622 e. The Balaban J connectivity index is 7.22. The van der Waals surface area contributed by atoms with Crippen LogP contribution in [0.25, 0.3) is 0 Å². The molecule has 0 aromatic heterocycles. The van der Waals surface area contributed by atoms with Crippen molar-refractivity contribution in [1.82, 2.24) is 0 Å². The molecule has 0 saturated carbocycles. The first-order valence-corrected chi connectivity index (χ1v) is 15.4. The molecule has 0 unspecified atom stereocenters. The summed E-state index contributed by atoms with van der Waals surface area (Å²) in [5.74, 6) is 0.615. The second-order valence-electron chi connectivity index (χ2n) is 19.8. The summed E-state index contributed by atoms with van der Waals surface area (Å²) in [6.45, 7) is 63.3. The van der Waals surface area contributed by atoms with Crippen LogP contribution >= 0.6 is 0 Å². The number of hydrogen-bond acceptors (Lipinski definition) is 0. The second-order valence-corrected chi connectivity index (χ2v) is 19.8. The van der Waals surface area contributed by atoms with Gasteiger partial charge in [0.1, 0.15) is 0 Å². The highest BCUT2D eigenvalue weighted by molar-refractivity contribution is 5.16. The first-order chi connectivity index (χ1) is 15.4. The Hall–Kier alpha value is 0. The molecule has 0 nitrogen and oxygen atoms in total. The summed E-state index contributed by atoms with van der Waals surface area (Å²) in [7, 11) is 0. The summed E-state index contributed by atoms with van der Waals surface area (Å²) >= 11 is 0. The van der Waals surface area contributed by atoms with Gasteiger partial charge in [0.25, 0.3) is 0 Å². The quantitative estimate of drug-likeness (QED) is 0.268. The van der Waals surface area contributed by atoms with Gasteiger partial charge >= 0.3 is 0 Å². The molecule has 0 N–H and O–H groups in total. The Morgan fingerprint density at radius 1 is 0.243 bits per heavy atom. The molecule has 0 fully saturated rings. The van der Waals surface area contributed by atoms with Gasteiger partial charge in [-0.2, -0.15) is 0 Å². The summed E-state index contributed by atoms with van der Waals surface area (Å²) in [4.78, 5) is 0. The Morgan fingerprint density at radius 3 is 0.568 bits per heavy atom. The zero-order valence-electron chi connectivity index (χ0n) is 31.1. The van der Waals surface area contributed by atoms with Crippen LogP contribution in [0.4, 0.5) is 0 Å². The van der Waals surface area contributed by atoms with E-state index in [1.807, 2.05) is 0 Å². The van der Waals surface area contributed by atoms with Crippen molar-refractivity contribution in [2.75, 3.05) is 0 Å². The maximum Gasteiger partial charge on any atom is -0.0241 e. The summed E-state index contributed by atoms with van der Waals surface area (Å²) < 4.78 is 0. The Kier molecular flexibility index (Phi) is 9.26. The molecule has 37 heavy (non-hydrogen) atoms. The lowest BCUT2D eigenvalue weighted by Gasteiger charge is -2.72. The van der Waals surface area contributed by atoms with Gasteiger partial charge in [0.15, 0.2) is 0 Å². The van der Waals surface area contributed by atoms with Crippen molar-refractivity contribution in [2.45, 2.75) is 173 Å². The minimum Gasteiger partial charge on any atom is -0.0622 e. The van der Waals surface area contributed by atoms with Crippen LogP contribution in [0.15, 0.2) is 0 Å². The van der Waals surface area contributed by atoms with Crippen LogP contribution in [0.3, 0.4) is 0 Å². The van der Waals surface area contributed by atoms with Crippen molar-refractivity contribution in [3.8, 4) is 0 Å². The van der Waals surface area contributed by atoms with E-state index in [1.165, 1.54) is 0 Å². The van der Waals surface area contributed by atoms with Gasteiger partial charge in [-0.1, -0.05) is 173 Å². The third-order valence-corrected chi connectivity index (χ3v) is 17.4. The highest BCUT2D eigenvalue weighted by Crippen LogP contribution is 2.75. The van der Waals surface area contributed by atoms with E-state index in [0.29, 0.717) is 5.92 Å². The van der Waals surface area contributed by atoms with Gasteiger partial charge in [-0.25, -0.2) is 0 Å². The van der Waals surface area contributed by atoms with Crippen LogP contribution in [0.5, 0.6) is 0 Å². The fraction of sp³-hybridized carbons (Fsp3) is 1.00. The summed E-state index contributed by atoms with van der Waals surface area (Å²) in [6, 6.07) is 0. The molecule has 0 saturated heterocycles. The van der Waals surface area contributed by atoms with Crippen molar-refractivity contribution in [2.24, 2.45) is 65.5 Å². The van der Waals surface area contributed by atoms with E-state index in [9.17, 15) is 0 Å². The van der Waals surface area contributed by atoms with E-state index < -0.39 is 0 Å².